The average molecular weight is 232 g/mol. The highest BCUT2D eigenvalue weighted by Gasteiger charge is 2.06. The second-order valence-corrected chi connectivity index (χ2v) is 3.77. The Morgan fingerprint density at radius 1 is 1.41 bits per heavy atom. The quantitative estimate of drug-likeness (QED) is 0.816. The smallest absolute Gasteiger partial charge is 0.164 e. The van der Waals surface area contributed by atoms with Gasteiger partial charge < -0.3 is 10.5 Å². The fourth-order valence-electron chi connectivity index (χ4n) is 1.59. The largest absolute Gasteiger partial charge is 0.483 e. The summed E-state index contributed by atoms with van der Waals surface area (Å²) in [7, 11) is 0. The Morgan fingerprint density at radius 2 is 2.24 bits per heavy atom. The summed E-state index contributed by atoms with van der Waals surface area (Å²) in [6, 6.07) is 5.73. The number of para-hydroxylation sites is 1. The zero-order valence-corrected chi connectivity index (χ0v) is 10.1. The van der Waals surface area contributed by atoms with Crippen LogP contribution in [0, 0.1) is 6.92 Å². The van der Waals surface area contributed by atoms with E-state index in [4.69, 9.17) is 10.5 Å². The van der Waals surface area contributed by atoms with Gasteiger partial charge in [-0.05, 0) is 25.5 Å². The molecule has 0 bridgehead atoms. The van der Waals surface area contributed by atoms with E-state index in [1.165, 1.54) is 6.33 Å². The number of nitrogen functional groups attached to an aromatic ring is 1. The molecule has 1 aromatic carbocycles. The lowest BCUT2D eigenvalue weighted by Gasteiger charge is -2.10. The predicted molar refractivity (Wildman–Crippen MR) is 65.6 cm³/mol. The minimum Gasteiger partial charge on any atom is -0.483 e. The summed E-state index contributed by atoms with van der Waals surface area (Å²) in [5.74, 6) is 1.49. The summed E-state index contributed by atoms with van der Waals surface area (Å²) in [6.45, 7) is 5.12. The lowest BCUT2D eigenvalue weighted by molar-refractivity contribution is 0.288. The Kier molecular flexibility index (Phi) is 3.27. The maximum Gasteiger partial charge on any atom is 0.164 e. The highest BCUT2D eigenvalue weighted by Crippen LogP contribution is 2.24. The topological polar surface area (TPSA) is 66.0 Å². The van der Waals surface area contributed by atoms with Crippen molar-refractivity contribution in [2.24, 2.45) is 0 Å². The number of ether oxygens (including phenoxy) is 1. The second kappa shape index (κ2) is 4.86. The molecule has 2 aromatic rings. The van der Waals surface area contributed by atoms with Gasteiger partial charge in [0.25, 0.3) is 0 Å². The Morgan fingerprint density at radius 3 is 3.00 bits per heavy atom. The summed E-state index contributed by atoms with van der Waals surface area (Å²) in [4.78, 5) is 4.14. The summed E-state index contributed by atoms with van der Waals surface area (Å²) in [5, 5.41) is 4.08. The normalized spacial score (nSPS) is 10.5. The number of nitrogens with two attached hydrogens (primary N) is 1. The molecule has 0 unspecified atom stereocenters. The third-order valence-electron chi connectivity index (χ3n) is 2.64. The SMILES string of the molecule is CCn1ncnc1COc1cccc(C)c1N. The number of hydrogen-bond donors (Lipinski definition) is 1. The van der Waals surface area contributed by atoms with Crippen molar-refractivity contribution in [3.05, 3.63) is 35.9 Å². The number of aryl methyl sites for hydroxylation is 2. The van der Waals surface area contributed by atoms with Gasteiger partial charge in [-0.1, -0.05) is 12.1 Å². The first-order valence-corrected chi connectivity index (χ1v) is 5.57. The highest BCUT2D eigenvalue weighted by molar-refractivity contribution is 5.57. The van der Waals surface area contributed by atoms with Gasteiger partial charge in [0.15, 0.2) is 5.82 Å². The third-order valence-corrected chi connectivity index (χ3v) is 2.64. The van der Waals surface area contributed by atoms with Crippen molar-refractivity contribution in [3.63, 3.8) is 0 Å². The molecule has 0 aliphatic rings. The van der Waals surface area contributed by atoms with Crippen molar-refractivity contribution >= 4 is 5.69 Å². The van der Waals surface area contributed by atoms with E-state index >= 15 is 0 Å². The van der Waals surface area contributed by atoms with E-state index in [9.17, 15) is 0 Å². The molecule has 0 saturated carbocycles. The molecule has 1 aromatic heterocycles. The summed E-state index contributed by atoms with van der Waals surface area (Å²) in [6.07, 6.45) is 1.53. The van der Waals surface area contributed by atoms with Crippen LogP contribution in [0.2, 0.25) is 0 Å². The molecular formula is C12H16N4O. The van der Waals surface area contributed by atoms with E-state index in [1.807, 2.05) is 32.0 Å². The van der Waals surface area contributed by atoms with E-state index in [2.05, 4.69) is 10.1 Å². The minimum atomic E-state index is 0.376. The monoisotopic (exact) mass is 232 g/mol. The highest BCUT2D eigenvalue weighted by atomic mass is 16.5. The maximum atomic E-state index is 5.92. The van der Waals surface area contributed by atoms with Crippen LogP contribution in [0.5, 0.6) is 5.75 Å². The van der Waals surface area contributed by atoms with Gasteiger partial charge in [-0.2, -0.15) is 5.10 Å². The molecule has 2 N–H and O–H groups in total. The Balaban J connectivity index is 2.10. The zero-order valence-electron chi connectivity index (χ0n) is 10.1. The van der Waals surface area contributed by atoms with Crippen LogP contribution in [0.3, 0.4) is 0 Å². The summed E-state index contributed by atoms with van der Waals surface area (Å²) >= 11 is 0. The lowest BCUT2D eigenvalue weighted by Crippen LogP contribution is -2.08. The number of nitrogens with zero attached hydrogens (tertiary/aromatic N) is 3. The molecular weight excluding hydrogens is 216 g/mol. The van der Waals surface area contributed by atoms with Crippen molar-refractivity contribution in [1.29, 1.82) is 0 Å². The van der Waals surface area contributed by atoms with Crippen LogP contribution in [-0.2, 0) is 13.2 Å². The first kappa shape index (κ1) is 11.4. The van der Waals surface area contributed by atoms with Crippen LogP contribution in [0.15, 0.2) is 24.5 Å². The lowest BCUT2D eigenvalue weighted by atomic mass is 10.2. The molecule has 0 radical (unpaired) electrons. The number of rotatable bonds is 4. The van der Waals surface area contributed by atoms with Gasteiger partial charge in [-0.15, -0.1) is 0 Å². The van der Waals surface area contributed by atoms with Gasteiger partial charge in [-0.3, -0.25) is 0 Å². The molecule has 5 heteroatoms. The fourth-order valence-corrected chi connectivity index (χ4v) is 1.59. The molecule has 2 rings (SSSR count). The van der Waals surface area contributed by atoms with E-state index in [-0.39, 0.29) is 0 Å². The molecule has 0 aliphatic carbocycles. The molecule has 90 valence electrons. The van der Waals surface area contributed by atoms with E-state index in [0.717, 1.165) is 17.9 Å². The number of aromatic nitrogens is 3. The Hall–Kier alpha value is -2.04. The van der Waals surface area contributed by atoms with Crippen molar-refractivity contribution in [2.45, 2.75) is 27.0 Å². The minimum absolute atomic E-state index is 0.376. The predicted octanol–water partition coefficient (Wildman–Crippen LogP) is 1.77. The van der Waals surface area contributed by atoms with Crippen molar-refractivity contribution in [2.75, 3.05) is 5.73 Å². The molecule has 5 nitrogen and oxygen atoms in total. The van der Waals surface area contributed by atoms with Crippen LogP contribution >= 0.6 is 0 Å². The van der Waals surface area contributed by atoms with Crippen LogP contribution < -0.4 is 10.5 Å². The number of benzene rings is 1. The van der Waals surface area contributed by atoms with Crippen LogP contribution in [0.25, 0.3) is 0 Å². The van der Waals surface area contributed by atoms with E-state index in [1.54, 1.807) is 4.68 Å². The standard InChI is InChI=1S/C12H16N4O/c1-3-16-11(14-8-15-16)7-17-10-6-4-5-9(2)12(10)13/h4-6,8H,3,7,13H2,1-2H3. The van der Waals surface area contributed by atoms with E-state index < -0.39 is 0 Å². The van der Waals surface area contributed by atoms with Crippen molar-refractivity contribution < 1.29 is 4.74 Å². The zero-order chi connectivity index (χ0) is 12.3. The van der Waals surface area contributed by atoms with Crippen molar-refractivity contribution in [3.8, 4) is 5.75 Å². The first-order valence-electron chi connectivity index (χ1n) is 5.57. The van der Waals surface area contributed by atoms with Gasteiger partial charge in [0.05, 0.1) is 5.69 Å². The maximum absolute atomic E-state index is 5.92. The average Bonchev–Trinajstić information content (AvgIpc) is 2.78. The van der Waals surface area contributed by atoms with Gasteiger partial charge in [0.1, 0.15) is 18.7 Å². The third kappa shape index (κ3) is 2.38. The Labute approximate surface area is 100 Å². The van der Waals surface area contributed by atoms with E-state index in [0.29, 0.717) is 18.0 Å². The molecule has 0 aliphatic heterocycles. The number of hydrogen-bond acceptors (Lipinski definition) is 4. The molecule has 0 spiro atoms. The van der Waals surface area contributed by atoms with Gasteiger partial charge in [0, 0.05) is 6.54 Å². The van der Waals surface area contributed by atoms with Crippen LogP contribution in [-0.4, -0.2) is 14.8 Å². The second-order valence-electron chi connectivity index (χ2n) is 3.77. The molecule has 0 saturated heterocycles. The molecule has 1 heterocycles. The first-order chi connectivity index (χ1) is 8.22. The van der Waals surface area contributed by atoms with Gasteiger partial charge in [-0.25, -0.2) is 9.67 Å². The molecule has 0 fully saturated rings. The summed E-state index contributed by atoms with van der Waals surface area (Å²) < 4.78 is 7.45. The van der Waals surface area contributed by atoms with Crippen molar-refractivity contribution in [1.82, 2.24) is 14.8 Å². The Bertz CT molecular complexity index is 507. The van der Waals surface area contributed by atoms with Crippen LogP contribution in [0.1, 0.15) is 18.3 Å². The van der Waals surface area contributed by atoms with Crippen LogP contribution in [0.4, 0.5) is 5.69 Å². The van der Waals surface area contributed by atoms with Gasteiger partial charge >= 0.3 is 0 Å². The molecule has 17 heavy (non-hydrogen) atoms. The molecule has 0 atom stereocenters. The summed E-state index contributed by atoms with van der Waals surface area (Å²) in [5.41, 5.74) is 7.61. The fraction of sp³-hybridized carbons (Fsp3) is 0.333. The number of anilines is 1. The molecule has 0 amide bonds. The van der Waals surface area contributed by atoms with Gasteiger partial charge in [0.2, 0.25) is 0 Å².